The predicted molar refractivity (Wildman–Crippen MR) is 24.0 cm³/mol. The summed E-state index contributed by atoms with van der Waals surface area (Å²) in [6.45, 7) is 3.07. The molecule has 0 atom stereocenters. The van der Waals surface area contributed by atoms with Crippen molar-refractivity contribution in [2.45, 2.75) is 6.92 Å². The Kier molecular flexibility index (Phi) is 3.32. The lowest BCUT2D eigenvalue weighted by Gasteiger charge is -1.89. The van der Waals surface area contributed by atoms with Crippen molar-refractivity contribution in [2.24, 2.45) is 0 Å². The highest BCUT2D eigenvalue weighted by atomic mass is 16.5. The largest absolute Gasteiger partial charge is 0.365 e. The van der Waals surface area contributed by atoms with Crippen molar-refractivity contribution >= 4 is 5.91 Å². The number of nitrogens with one attached hydrogen (secondary N) is 1. The van der Waals surface area contributed by atoms with Crippen molar-refractivity contribution < 1.29 is 9.53 Å². The number of rotatable bonds is 3. The molecule has 1 amide bonds. The second kappa shape index (κ2) is 3.61. The van der Waals surface area contributed by atoms with E-state index in [4.69, 9.17) is 5.73 Å². The van der Waals surface area contributed by atoms with Gasteiger partial charge in [-0.1, -0.05) is 0 Å². The first kappa shape index (κ1) is 6.43. The van der Waals surface area contributed by atoms with Crippen LogP contribution in [0.1, 0.15) is 6.92 Å². The molecule has 0 aliphatic heterocycles. The highest BCUT2D eigenvalue weighted by Crippen LogP contribution is 1.76. The van der Waals surface area contributed by atoms with Gasteiger partial charge in [-0.2, -0.15) is 0 Å². The van der Waals surface area contributed by atoms with Gasteiger partial charge in [0.2, 0.25) is 0 Å². The van der Waals surface area contributed by atoms with Crippen molar-refractivity contribution in [2.75, 3.05) is 6.61 Å². The molecule has 3 heteroatoms. The summed E-state index contributed by atoms with van der Waals surface area (Å²) in [5.41, 5.74) is 6.26. The molecule has 0 aromatic rings. The molecular weight excluding hydrogens is 94.0 g/mol. The lowest BCUT2D eigenvalue weighted by Crippen LogP contribution is -2.00. The summed E-state index contributed by atoms with van der Waals surface area (Å²) in [7, 11) is 0. The van der Waals surface area contributed by atoms with E-state index in [0.29, 0.717) is 6.61 Å². The van der Waals surface area contributed by atoms with E-state index in [0.717, 1.165) is 6.61 Å². The van der Waals surface area contributed by atoms with Crippen molar-refractivity contribution in [1.29, 1.82) is 0 Å². The van der Waals surface area contributed by atoms with Crippen molar-refractivity contribution in [3.05, 3.63) is 6.61 Å². The number of ether oxygens (including phenoxy) is 1. The third kappa shape index (κ3) is 5.43. The third-order valence-corrected chi connectivity index (χ3v) is 0.357. The molecule has 0 fully saturated rings. The van der Waals surface area contributed by atoms with Gasteiger partial charge >= 0.3 is 0 Å². The minimum absolute atomic E-state index is 0.449. The molecule has 0 spiro atoms. The maximum Gasteiger partial charge on any atom is 0.270 e. The second-order valence-corrected chi connectivity index (χ2v) is 0.937. The van der Waals surface area contributed by atoms with Crippen LogP contribution in [-0.2, 0) is 9.53 Å². The van der Waals surface area contributed by atoms with E-state index in [2.05, 4.69) is 4.74 Å². The van der Waals surface area contributed by atoms with E-state index < -0.39 is 5.91 Å². The van der Waals surface area contributed by atoms with E-state index in [1.807, 2.05) is 0 Å². The van der Waals surface area contributed by atoms with Gasteiger partial charge in [0, 0.05) is 6.61 Å². The highest BCUT2D eigenvalue weighted by Gasteiger charge is 1.90. The Morgan fingerprint density at radius 2 is 2.57 bits per heavy atom. The average Bonchev–Trinajstić information content (AvgIpc) is 1.61. The van der Waals surface area contributed by atoms with Crippen LogP contribution in [0.5, 0.6) is 0 Å². The van der Waals surface area contributed by atoms with Crippen LogP contribution in [0, 0.1) is 6.61 Å². The molecule has 40 valence electrons. The number of hydrogen-bond donors (Lipinski definition) is 0. The molecule has 1 N–H and O–H groups in total. The number of hydrogen-bond acceptors (Lipinski definition) is 2. The first-order chi connectivity index (χ1) is 3.27. The Balaban J connectivity index is 2.82. The number of amides is 1. The van der Waals surface area contributed by atoms with Crippen LogP contribution in [0.25, 0.3) is 0 Å². The Bertz CT molecular complexity index is 62.7. The summed E-state index contributed by atoms with van der Waals surface area (Å²) in [5.74, 6) is -0.790. The molecule has 0 aromatic carbocycles. The number of carbonyl (C=O) groups excluding carboxylic acids is 1. The smallest absolute Gasteiger partial charge is 0.270 e. The highest BCUT2D eigenvalue weighted by molar-refractivity contribution is 5.80. The minimum Gasteiger partial charge on any atom is -0.365 e. The van der Waals surface area contributed by atoms with Crippen molar-refractivity contribution in [3.8, 4) is 0 Å². The molecule has 0 unspecified atom stereocenters. The predicted octanol–water partition coefficient (Wildman–Crippen LogP) is -0.00581. The molecule has 0 aromatic heterocycles. The van der Waals surface area contributed by atoms with Gasteiger partial charge in [-0.3, -0.25) is 10.5 Å². The topological polar surface area (TPSA) is 50.1 Å². The van der Waals surface area contributed by atoms with Gasteiger partial charge in [-0.15, -0.1) is 0 Å². The Labute approximate surface area is 42.4 Å². The molecule has 0 saturated heterocycles. The van der Waals surface area contributed by atoms with Crippen molar-refractivity contribution in [3.63, 3.8) is 0 Å². The van der Waals surface area contributed by atoms with Gasteiger partial charge in [-0.25, -0.2) is 0 Å². The Morgan fingerprint density at radius 1 is 2.00 bits per heavy atom. The van der Waals surface area contributed by atoms with Gasteiger partial charge in [-0.05, 0) is 6.92 Å². The summed E-state index contributed by atoms with van der Waals surface area (Å²) in [5, 5.41) is 0. The molecule has 0 saturated carbocycles. The summed E-state index contributed by atoms with van der Waals surface area (Å²) in [6.07, 6.45) is 0. The maximum atomic E-state index is 9.69. The minimum atomic E-state index is -0.790. The van der Waals surface area contributed by atoms with Crippen LogP contribution < -0.4 is 5.73 Å². The van der Waals surface area contributed by atoms with E-state index >= 15 is 0 Å². The van der Waals surface area contributed by atoms with Crippen LogP contribution in [0.15, 0.2) is 0 Å². The normalized spacial score (nSPS) is 8.71. The van der Waals surface area contributed by atoms with Gasteiger partial charge in [0.15, 0.2) is 6.61 Å². The SMILES string of the molecule is CCO[CH]C([NH])=O. The maximum absolute atomic E-state index is 9.69. The van der Waals surface area contributed by atoms with Crippen molar-refractivity contribution in [1.82, 2.24) is 5.73 Å². The van der Waals surface area contributed by atoms with Crippen LogP contribution in [0.2, 0.25) is 0 Å². The first-order valence-corrected chi connectivity index (χ1v) is 1.97. The fourth-order valence-electron chi connectivity index (χ4n) is 0.159. The molecule has 3 nitrogen and oxygen atoms in total. The van der Waals surface area contributed by atoms with Gasteiger partial charge in [0.05, 0.1) is 0 Å². The fraction of sp³-hybridized carbons (Fsp3) is 0.500. The Hall–Kier alpha value is -0.570. The quantitative estimate of drug-likeness (QED) is 0.502. The van der Waals surface area contributed by atoms with Gasteiger partial charge in [0.1, 0.15) is 0 Å². The van der Waals surface area contributed by atoms with Gasteiger partial charge < -0.3 is 4.74 Å². The zero-order chi connectivity index (χ0) is 5.70. The van der Waals surface area contributed by atoms with Crippen LogP contribution in [0.4, 0.5) is 0 Å². The molecule has 7 heavy (non-hydrogen) atoms. The number of carbonyl (C=O) groups is 1. The van der Waals surface area contributed by atoms with E-state index in [9.17, 15) is 4.79 Å². The molecule has 0 aliphatic rings. The monoisotopic (exact) mass is 101 g/mol. The summed E-state index contributed by atoms with van der Waals surface area (Å²) in [6, 6.07) is 0. The van der Waals surface area contributed by atoms with Crippen LogP contribution in [-0.4, -0.2) is 12.5 Å². The average molecular weight is 101 g/mol. The van der Waals surface area contributed by atoms with Crippen LogP contribution >= 0.6 is 0 Å². The molecule has 0 aliphatic carbocycles. The lowest BCUT2D eigenvalue weighted by molar-refractivity contribution is -0.119. The first-order valence-electron chi connectivity index (χ1n) is 1.97. The standard InChI is InChI=1S/C4H7NO2/c1-2-7-3-4(5)6/h3,5H,2H2,1H3. The molecule has 0 heterocycles. The summed E-state index contributed by atoms with van der Waals surface area (Å²) >= 11 is 0. The van der Waals surface area contributed by atoms with Crippen LogP contribution in [0.3, 0.4) is 0 Å². The summed E-state index contributed by atoms with van der Waals surface area (Å²) < 4.78 is 4.43. The zero-order valence-corrected chi connectivity index (χ0v) is 4.10. The van der Waals surface area contributed by atoms with E-state index in [-0.39, 0.29) is 0 Å². The van der Waals surface area contributed by atoms with Gasteiger partial charge in [0.25, 0.3) is 5.91 Å². The third-order valence-electron chi connectivity index (χ3n) is 0.357. The van der Waals surface area contributed by atoms with E-state index in [1.54, 1.807) is 6.92 Å². The molecular formula is C4H7NO2. The second-order valence-electron chi connectivity index (χ2n) is 0.937. The molecule has 0 rings (SSSR count). The fourth-order valence-corrected chi connectivity index (χ4v) is 0.159. The molecule has 0 bridgehead atoms. The van der Waals surface area contributed by atoms with E-state index in [1.165, 1.54) is 0 Å². The zero-order valence-electron chi connectivity index (χ0n) is 4.10. The molecule has 2 radical (unpaired) electrons. The summed E-state index contributed by atoms with van der Waals surface area (Å²) in [4.78, 5) is 9.69. The lowest BCUT2D eigenvalue weighted by atomic mass is 10.7. The Morgan fingerprint density at radius 3 is 2.71 bits per heavy atom.